The van der Waals surface area contributed by atoms with Crippen LogP contribution >= 0.6 is 0 Å². The molecule has 4 aromatic carbocycles. The molecule has 184 valence electrons. The lowest BCUT2D eigenvalue weighted by Crippen LogP contribution is -2.05. The molecule has 5 heteroatoms. The van der Waals surface area contributed by atoms with Gasteiger partial charge in [-0.1, -0.05) is 97.1 Å². The second-order valence-corrected chi connectivity index (χ2v) is 10.1. The standard InChI is InChI=1S/C32H24F2O2S/c33-29-17-11-27(12-18-29)23-31(21-15-25-7-3-1-4-8-25)37(35,36)32(22-16-26-9-5-2-6-10-26)24-28-13-19-30(34)20-14-28/h1-24H/b21-15+,22-16+,31-23-,32-24-. The Morgan fingerprint density at radius 2 is 0.838 bits per heavy atom. The van der Waals surface area contributed by atoms with Crippen molar-refractivity contribution in [3.8, 4) is 0 Å². The molecule has 0 fully saturated rings. The first-order chi connectivity index (χ1) is 17.9. The summed E-state index contributed by atoms with van der Waals surface area (Å²) in [6, 6.07) is 29.8. The van der Waals surface area contributed by atoms with Crippen molar-refractivity contribution in [1.82, 2.24) is 0 Å². The van der Waals surface area contributed by atoms with Crippen molar-refractivity contribution in [3.05, 3.63) is 165 Å². The average molecular weight is 511 g/mol. The van der Waals surface area contributed by atoms with Gasteiger partial charge in [0.2, 0.25) is 9.84 Å². The monoisotopic (exact) mass is 510 g/mol. The van der Waals surface area contributed by atoms with Gasteiger partial charge in [0.15, 0.2) is 0 Å². The molecule has 0 heterocycles. The van der Waals surface area contributed by atoms with Crippen molar-refractivity contribution in [2.45, 2.75) is 0 Å². The van der Waals surface area contributed by atoms with Gasteiger partial charge in [0.1, 0.15) is 11.6 Å². The highest BCUT2D eigenvalue weighted by Gasteiger charge is 2.20. The fourth-order valence-corrected chi connectivity index (χ4v) is 4.85. The van der Waals surface area contributed by atoms with E-state index in [1.165, 1.54) is 72.8 Å². The van der Waals surface area contributed by atoms with E-state index in [4.69, 9.17) is 0 Å². The second kappa shape index (κ2) is 12.1. The number of sulfone groups is 1. The summed E-state index contributed by atoms with van der Waals surface area (Å²) < 4.78 is 55.0. The Morgan fingerprint density at radius 1 is 0.486 bits per heavy atom. The van der Waals surface area contributed by atoms with Crippen molar-refractivity contribution in [2.24, 2.45) is 0 Å². The molecule has 0 saturated carbocycles. The predicted molar refractivity (Wildman–Crippen MR) is 149 cm³/mol. The minimum absolute atomic E-state index is 0.0223. The van der Waals surface area contributed by atoms with Gasteiger partial charge in [0.25, 0.3) is 0 Å². The van der Waals surface area contributed by atoms with E-state index >= 15 is 0 Å². The second-order valence-electron chi connectivity index (χ2n) is 8.19. The molecule has 0 radical (unpaired) electrons. The van der Waals surface area contributed by atoms with Crippen LogP contribution in [0.15, 0.2) is 131 Å². The van der Waals surface area contributed by atoms with Crippen LogP contribution in [0.2, 0.25) is 0 Å². The summed E-state index contributed by atoms with van der Waals surface area (Å²) in [6.07, 6.45) is 9.49. The molecule has 0 spiro atoms. The summed E-state index contributed by atoms with van der Waals surface area (Å²) in [7, 11) is -4.06. The highest BCUT2D eigenvalue weighted by atomic mass is 32.2. The Bertz CT molecular complexity index is 1430. The lowest BCUT2D eigenvalue weighted by atomic mass is 10.2. The Morgan fingerprint density at radius 3 is 1.19 bits per heavy atom. The Hall–Kier alpha value is -4.35. The lowest BCUT2D eigenvalue weighted by Gasteiger charge is -2.09. The first kappa shape index (κ1) is 25.7. The van der Waals surface area contributed by atoms with Gasteiger partial charge in [-0.15, -0.1) is 0 Å². The summed E-state index contributed by atoms with van der Waals surface area (Å²) in [4.78, 5) is 0.0445. The lowest BCUT2D eigenvalue weighted by molar-refractivity contribution is 0.610. The van der Waals surface area contributed by atoms with Crippen molar-refractivity contribution >= 4 is 34.1 Å². The van der Waals surface area contributed by atoms with Crippen molar-refractivity contribution in [1.29, 1.82) is 0 Å². The van der Waals surface area contributed by atoms with Crippen LogP contribution in [-0.4, -0.2) is 8.42 Å². The molecule has 0 aliphatic carbocycles. The topological polar surface area (TPSA) is 34.1 Å². The van der Waals surface area contributed by atoms with Gasteiger partial charge in [-0.3, -0.25) is 0 Å². The number of rotatable bonds is 8. The zero-order chi connectivity index (χ0) is 26.1. The fourth-order valence-electron chi connectivity index (χ4n) is 3.50. The minimum Gasteiger partial charge on any atom is -0.219 e. The smallest absolute Gasteiger partial charge is 0.206 e. The Balaban J connectivity index is 1.84. The van der Waals surface area contributed by atoms with Gasteiger partial charge in [0.05, 0.1) is 9.81 Å². The van der Waals surface area contributed by atoms with Crippen LogP contribution in [0.5, 0.6) is 0 Å². The van der Waals surface area contributed by atoms with Crippen molar-refractivity contribution in [3.63, 3.8) is 0 Å². The molecule has 0 atom stereocenters. The van der Waals surface area contributed by atoms with Gasteiger partial charge < -0.3 is 0 Å². The van der Waals surface area contributed by atoms with Crippen LogP contribution in [0.3, 0.4) is 0 Å². The largest absolute Gasteiger partial charge is 0.219 e. The van der Waals surface area contributed by atoms with E-state index in [2.05, 4.69) is 0 Å². The molecule has 0 aliphatic rings. The van der Waals surface area contributed by atoms with Crippen LogP contribution in [-0.2, 0) is 9.84 Å². The predicted octanol–water partition coefficient (Wildman–Crippen LogP) is 8.19. The molecule has 0 aliphatic heterocycles. The van der Waals surface area contributed by atoms with E-state index in [9.17, 15) is 17.2 Å². The van der Waals surface area contributed by atoms with Crippen LogP contribution < -0.4 is 0 Å². The summed E-state index contributed by atoms with van der Waals surface area (Å²) in [6.45, 7) is 0. The van der Waals surface area contributed by atoms with E-state index in [0.29, 0.717) is 11.1 Å². The maximum atomic E-state index is 14.0. The number of allylic oxidation sites excluding steroid dienone is 2. The van der Waals surface area contributed by atoms with Crippen molar-refractivity contribution in [2.75, 3.05) is 0 Å². The van der Waals surface area contributed by atoms with E-state index in [1.54, 1.807) is 12.2 Å². The van der Waals surface area contributed by atoms with E-state index in [0.717, 1.165) is 11.1 Å². The molecule has 0 bridgehead atoms. The molecule has 0 aromatic heterocycles. The molecule has 0 N–H and O–H groups in total. The van der Waals surface area contributed by atoms with Gasteiger partial charge in [0, 0.05) is 0 Å². The minimum atomic E-state index is -4.06. The van der Waals surface area contributed by atoms with Crippen molar-refractivity contribution < 1.29 is 17.2 Å². The van der Waals surface area contributed by atoms with Crippen LogP contribution in [0.25, 0.3) is 24.3 Å². The van der Waals surface area contributed by atoms with Gasteiger partial charge in [-0.25, -0.2) is 17.2 Å². The molecule has 37 heavy (non-hydrogen) atoms. The fraction of sp³-hybridized carbons (Fsp3) is 0. The van der Waals surface area contributed by atoms with Crippen LogP contribution in [0.4, 0.5) is 8.78 Å². The zero-order valence-electron chi connectivity index (χ0n) is 19.8. The maximum Gasteiger partial charge on any atom is 0.206 e. The molecule has 0 amide bonds. The first-order valence-electron chi connectivity index (χ1n) is 11.6. The third-order valence-corrected chi connectivity index (χ3v) is 7.21. The van der Waals surface area contributed by atoms with Gasteiger partial charge in [-0.05, 0) is 70.8 Å². The van der Waals surface area contributed by atoms with E-state index in [-0.39, 0.29) is 9.81 Å². The molecule has 2 nitrogen and oxygen atoms in total. The zero-order valence-corrected chi connectivity index (χ0v) is 20.7. The van der Waals surface area contributed by atoms with E-state index in [1.807, 2.05) is 60.7 Å². The molecule has 0 saturated heterocycles. The number of hydrogen-bond donors (Lipinski definition) is 0. The normalized spacial score (nSPS) is 12.9. The molecule has 4 rings (SSSR count). The molecule has 0 unspecified atom stereocenters. The summed E-state index contributed by atoms with van der Waals surface area (Å²) in [5.41, 5.74) is 2.72. The number of halogens is 2. The van der Waals surface area contributed by atoms with Gasteiger partial charge >= 0.3 is 0 Å². The highest BCUT2D eigenvalue weighted by Crippen LogP contribution is 2.26. The molecule has 4 aromatic rings. The summed E-state index contributed by atoms with van der Waals surface area (Å²) in [5.74, 6) is -0.826. The van der Waals surface area contributed by atoms with Crippen LogP contribution in [0.1, 0.15) is 22.3 Å². The van der Waals surface area contributed by atoms with Gasteiger partial charge in [-0.2, -0.15) is 0 Å². The average Bonchev–Trinajstić information content (AvgIpc) is 2.92. The summed E-state index contributed by atoms with van der Waals surface area (Å²) in [5, 5.41) is 0. The number of hydrogen-bond acceptors (Lipinski definition) is 2. The maximum absolute atomic E-state index is 14.0. The van der Waals surface area contributed by atoms with E-state index < -0.39 is 21.5 Å². The molecular weight excluding hydrogens is 486 g/mol. The third-order valence-electron chi connectivity index (χ3n) is 5.46. The number of benzene rings is 4. The van der Waals surface area contributed by atoms with Crippen LogP contribution in [0, 0.1) is 11.6 Å². The SMILES string of the molecule is O=S(=O)(C(=C\c1ccc(F)cc1)/C=C/c1ccccc1)C(=C\c1ccc(F)cc1)/C=C/c1ccccc1. The first-order valence-corrected chi connectivity index (χ1v) is 13.0. The Labute approximate surface area is 216 Å². The molecular formula is C32H24F2O2S. The Kier molecular flexibility index (Phi) is 8.39. The summed E-state index contributed by atoms with van der Waals surface area (Å²) >= 11 is 0. The third kappa shape index (κ3) is 7.32. The quantitative estimate of drug-likeness (QED) is 0.224. The highest BCUT2D eigenvalue weighted by molar-refractivity contribution is 7.99.